The van der Waals surface area contributed by atoms with E-state index < -0.39 is 0 Å². The highest BCUT2D eigenvalue weighted by Gasteiger charge is 2.33. The number of nitrogens with two attached hydrogens (primary N) is 1. The molecule has 0 aliphatic heterocycles. The first kappa shape index (κ1) is 12.5. The number of nitrogens with one attached hydrogen (secondary N) is 1. The molecule has 3 N–H and O–H groups in total. The molecule has 1 amide bonds. The van der Waals surface area contributed by atoms with E-state index in [1.807, 2.05) is 0 Å². The van der Waals surface area contributed by atoms with Crippen molar-refractivity contribution in [1.29, 1.82) is 0 Å². The molecule has 0 radical (unpaired) electrons. The number of carbonyl (C=O) groups excluding carboxylic acids is 1. The maximum Gasteiger partial charge on any atom is 0.231 e. The van der Waals surface area contributed by atoms with Crippen molar-refractivity contribution in [2.75, 3.05) is 6.54 Å². The standard InChI is InChI=1S/C12H24N2O/c1-12(2,3)9-6-4-5-7-10(9)14-8-11(13)15/h9-10,14H,4-8H2,1-3H3,(H2,13,15). The van der Waals surface area contributed by atoms with Crippen LogP contribution in [0.25, 0.3) is 0 Å². The predicted molar refractivity (Wildman–Crippen MR) is 62.4 cm³/mol. The Morgan fingerprint density at radius 1 is 1.33 bits per heavy atom. The second kappa shape index (κ2) is 4.97. The predicted octanol–water partition coefficient (Wildman–Crippen LogP) is 1.67. The molecule has 2 atom stereocenters. The van der Waals surface area contributed by atoms with E-state index >= 15 is 0 Å². The third-order valence-electron chi connectivity index (χ3n) is 3.42. The van der Waals surface area contributed by atoms with Gasteiger partial charge in [-0.2, -0.15) is 0 Å². The fraction of sp³-hybridized carbons (Fsp3) is 0.917. The molecule has 0 aromatic rings. The number of hydrogen-bond acceptors (Lipinski definition) is 2. The van der Waals surface area contributed by atoms with Gasteiger partial charge in [-0.25, -0.2) is 0 Å². The van der Waals surface area contributed by atoms with Gasteiger partial charge in [0.2, 0.25) is 5.91 Å². The Bertz CT molecular complexity index is 220. The van der Waals surface area contributed by atoms with Crippen LogP contribution in [0.15, 0.2) is 0 Å². The van der Waals surface area contributed by atoms with Crippen molar-refractivity contribution < 1.29 is 4.79 Å². The van der Waals surface area contributed by atoms with Crippen molar-refractivity contribution >= 4 is 5.91 Å². The molecule has 1 aliphatic rings. The first-order valence-corrected chi connectivity index (χ1v) is 5.93. The zero-order valence-corrected chi connectivity index (χ0v) is 10.2. The zero-order valence-electron chi connectivity index (χ0n) is 10.2. The lowest BCUT2D eigenvalue weighted by atomic mass is 9.69. The molecule has 3 heteroatoms. The third-order valence-corrected chi connectivity index (χ3v) is 3.42. The van der Waals surface area contributed by atoms with E-state index in [1.54, 1.807) is 0 Å². The SMILES string of the molecule is CC(C)(C)C1CCCCC1NCC(N)=O. The van der Waals surface area contributed by atoms with Crippen LogP contribution in [-0.4, -0.2) is 18.5 Å². The molecule has 0 spiro atoms. The summed E-state index contributed by atoms with van der Waals surface area (Å²) < 4.78 is 0. The fourth-order valence-corrected chi connectivity index (χ4v) is 2.64. The number of primary amides is 1. The lowest BCUT2D eigenvalue weighted by Gasteiger charge is -2.40. The van der Waals surface area contributed by atoms with E-state index in [4.69, 9.17) is 5.73 Å². The smallest absolute Gasteiger partial charge is 0.231 e. The minimum Gasteiger partial charge on any atom is -0.369 e. The Kier molecular flexibility index (Phi) is 4.14. The van der Waals surface area contributed by atoms with Gasteiger partial charge in [0.25, 0.3) is 0 Å². The highest BCUT2D eigenvalue weighted by atomic mass is 16.1. The van der Waals surface area contributed by atoms with Crippen molar-refractivity contribution in [2.45, 2.75) is 52.5 Å². The average molecular weight is 212 g/mol. The summed E-state index contributed by atoms with van der Waals surface area (Å²) in [6.45, 7) is 7.16. The van der Waals surface area contributed by atoms with E-state index in [0.29, 0.717) is 23.9 Å². The molecule has 0 saturated heterocycles. The van der Waals surface area contributed by atoms with Crippen LogP contribution in [0.4, 0.5) is 0 Å². The molecule has 0 heterocycles. The van der Waals surface area contributed by atoms with Crippen LogP contribution in [-0.2, 0) is 4.79 Å². The maximum atomic E-state index is 10.8. The van der Waals surface area contributed by atoms with Crippen LogP contribution in [0.1, 0.15) is 46.5 Å². The average Bonchev–Trinajstić information content (AvgIpc) is 2.13. The molecule has 0 aromatic carbocycles. The summed E-state index contributed by atoms with van der Waals surface area (Å²) in [4.78, 5) is 10.8. The second-order valence-electron chi connectivity index (χ2n) is 5.71. The van der Waals surface area contributed by atoms with Crippen LogP contribution in [0.3, 0.4) is 0 Å². The summed E-state index contributed by atoms with van der Waals surface area (Å²) in [5, 5.41) is 3.30. The Hall–Kier alpha value is -0.570. The Labute approximate surface area is 92.8 Å². The summed E-state index contributed by atoms with van der Waals surface area (Å²) in [5.41, 5.74) is 5.48. The van der Waals surface area contributed by atoms with Crippen LogP contribution in [0.5, 0.6) is 0 Å². The minimum atomic E-state index is -0.256. The second-order valence-corrected chi connectivity index (χ2v) is 5.71. The van der Waals surface area contributed by atoms with Crippen molar-refractivity contribution in [2.24, 2.45) is 17.1 Å². The lowest BCUT2D eigenvalue weighted by molar-refractivity contribution is -0.117. The zero-order chi connectivity index (χ0) is 11.5. The number of rotatable bonds is 3. The highest BCUT2D eigenvalue weighted by Crippen LogP contribution is 2.37. The van der Waals surface area contributed by atoms with Gasteiger partial charge in [0.05, 0.1) is 6.54 Å². The monoisotopic (exact) mass is 212 g/mol. The highest BCUT2D eigenvalue weighted by molar-refractivity contribution is 5.75. The normalized spacial score (nSPS) is 27.7. The third kappa shape index (κ3) is 3.82. The summed E-state index contributed by atoms with van der Waals surface area (Å²) in [6.07, 6.45) is 5.02. The van der Waals surface area contributed by atoms with E-state index in [1.165, 1.54) is 25.7 Å². The van der Waals surface area contributed by atoms with Crippen molar-refractivity contribution in [1.82, 2.24) is 5.32 Å². The quantitative estimate of drug-likeness (QED) is 0.747. The Balaban J connectivity index is 2.54. The Morgan fingerprint density at radius 3 is 2.47 bits per heavy atom. The molecule has 3 nitrogen and oxygen atoms in total. The largest absolute Gasteiger partial charge is 0.369 e. The first-order valence-electron chi connectivity index (χ1n) is 5.93. The van der Waals surface area contributed by atoms with E-state index in [-0.39, 0.29) is 5.91 Å². The number of carbonyl (C=O) groups is 1. The van der Waals surface area contributed by atoms with Gasteiger partial charge in [0, 0.05) is 6.04 Å². The lowest BCUT2D eigenvalue weighted by Crippen LogP contribution is -2.46. The van der Waals surface area contributed by atoms with Gasteiger partial charge in [-0.1, -0.05) is 33.6 Å². The van der Waals surface area contributed by atoms with E-state index in [2.05, 4.69) is 26.1 Å². The van der Waals surface area contributed by atoms with Gasteiger partial charge >= 0.3 is 0 Å². The van der Waals surface area contributed by atoms with Crippen LogP contribution in [0.2, 0.25) is 0 Å². The van der Waals surface area contributed by atoms with Crippen molar-refractivity contribution in [3.63, 3.8) is 0 Å². The summed E-state index contributed by atoms with van der Waals surface area (Å²) >= 11 is 0. The molecule has 1 fully saturated rings. The number of amides is 1. The molecule has 0 bridgehead atoms. The van der Waals surface area contributed by atoms with E-state index in [9.17, 15) is 4.79 Å². The fourth-order valence-electron chi connectivity index (χ4n) is 2.64. The van der Waals surface area contributed by atoms with Gasteiger partial charge in [-0.3, -0.25) is 4.79 Å². The van der Waals surface area contributed by atoms with Gasteiger partial charge in [-0.15, -0.1) is 0 Å². The van der Waals surface area contributed by atoms with Gasteiger partial charge in [-0.05, 0) is 24.2 Å². The molecule has 2 unspecified atom stereocenters. The molecule has 1 saturated carbocycles. The summed E-state index contributed by atoms with van der Waals surface area (Å²) in [5.74, 6) is 0.402. The Morgan fingerprint density at radius 2 is 1.93 bits per heavy atom. The topological polar surface area (TPSA) is 55.1 Å². The van der Waals surface area contributed by atoms with Gasteiger partial charge < -0.3 is 11.1 Å². The van der Waals surface area contributed by atoms with Crippen LogP contribution in [0, 0.1) is 11.3 Å². The van der Waals surface area contributed by atoms with Crippen molar-refractivity contribution in [3.05, 3.63) is 0 Å². The molecule has 0 aromatic heterocycles. The minimum absolute atomic E-state index is 0.256. The molecule has 1 rings (SSSR count). The number of hydrogen-bond donors (Lipinski definition) is 2. The molecular weight excluding hydrogens is 188 g/mol. The molecule has 88 valence electrons. The molecular formula is C12H24N2O. The van der Waals surface area contributed by atoms with Crippen LogP contribution >= 0.6 is 0 Å². The van der Waals surface area contributed by atoms with E-state index in [0.717, 1.165) is 0 Å². The first-order chi connectivity index (χ1) is 6.91. The van der Waals surface area contributed by atoms with Gasteiger partial charge in [0.1, 0.15) is 0 Å². The maximum absolute atomic E-state index is 10.8. The molecule has 1 aliphatic carbocycles. The van der Waals surface area contributed by atoms with Crippen LogP contribution < -0.4 is 11.1 Å². The summed E-state index contributed by atoms with van der Waals surface area (Å²) in [7, 11) is 0. The van der Waals surface area contributed by atoms with Gasteiger partial charge in [0.15, 0.2) is 0 Å². The molecule has 15 heavy (non-hydrogen) atoms. The van der Waals surface area contributed by atoms with Crippen molar-refractivity contribution in [3.8, 4) is 0 Å². The summed E-state index contributed by atoms with van der Waals surface area (Å²) in [6, 6.07) is 0.464.